The molecule has 0 saturated heterocycles. The summed E-state index contributed by atoms with van der Waals surface area (Å²) in [5.74, 6) is -1.54. The molecule has 0 aliphatic heterocycles. The number of aryl methyl sites for hydroxylation is 3. The highest BCUT2D eigenvalue weighted by Crippen LogP contribution is 2.34. The van der Waals surface area contributed by atoms with Crippen LogP contribution in [0.1, 0.15) is 41.6 Å². The monoisotopic (exact) mass is 244 g/mol. The van der Waals surface area contributed by atoms with Gasteiger partial charge in [0.15, 0.2) is 0 Å². The normalized spacial score (nSPS) is 12.9. The van der Waals surface area contributed by atoms with Crippen LogP contribution in [0.5, 0.6) is 0 Å². The van der Waals surface area contributed by atoms with Crippen LogP contribution in [0.3, 0.4) is 0 Å². The molecular formula is C15H18NO2-. The molecule has 1 atom stereocenters. The summed E-state index contributed by atoms with van der Waals surface area (Å²) in [6.45, 7) is 7.85. The fourth-order valence-electron chi connectivity index (χ4n) is 2.69. The molecule has 1 N–H and O–H groups in total. The van der Waals surface area contributed by atoms with Crippen LogP contribution in [0, 0.1) is 20.8 Å². The van der Waals surface area contributed by atoms with Crippen LogP contribution in [0.25, 0.3) is 10.9 Å². The lowest BCUT2D eigenvalue weighted by atomic mass is 9.91. The van der Waals surface area contributed by atoms with Crippen LogP contribution in [0.2, 0.25) is 0 Å². The first kappa shape index (κ1) is 12.7. The number of aromatic nitrogens is 1. The summed E-state index contributed by atoms with van der Waals surface area (Å²) in [6.07, 6.45) is 0.545. The number of carbonyl (C=O) groups is 1. The molecule has 0 spiro atoms. The summed E-state index contributed by atoms with van der Waals surface area (Å²) in [4.78, 5) is 14.6. The number of carbonyl (C=O) groups excluding carboxylic acids is 1. The smallest absolute Gasteiger partial charge is 0.0491 e. The Morgan fingerprint density at radius 3 is 2.44 bits per heavy atom. The zero-order valence-corrected chi connectivity index (χ0v) is 11.3. The Labute approximate surface area is 107 Å². The summed E-state index contributed by atoms with van der Waals surface area (Å²) >= 11 is 0. The van der Waals surface area contributed by atoms with Crippen LogP contribution in [-0.2, 0) is 4.79 Å². The standard InChI is InChI=1S/C15H19NO2/c1-5-11(15(17)18)13-10(4)16-14-9(3)7-6-8(2)12(13)14/h6-7,11,16H,5H2,1-4H3,(H,17,18)/p-1. The maximum atomic E-state index is 11.3. The van der Waals surface area contributed by atoms with Gasteiger partial charge in [0.25, 0.3) is 0 Å². The fourth-order valence-corrected chi connectivity index (χ4v) is 2.69. The summed E-state index contributed by atoms with van der Waals surface area (Å²) in [6, 6.07) is 4.09. The first-order chi connectivity index (χ1) is 8.47. The molecule has 2 rings (SSSR count). The lowest BCUT2D eigenvalue weighted by molar-refractivity contribution is -0.308. The number of hydrogen-bond donors (Lipinski definition) is 1. The number of H-pyrrole nitrogens is 1. The van der Waals surface area contributed by atoms with E-state index in [4.69, 9.17) is 0 Å². The van der Waals surface area contributed by atoms with Crippen molar-refractivity contribution in [2.24, 2.45) is 0 Å². The maximum Gasteiger partial charge on any atom is 0.0491 e. The molecule has 96 valence electrons. The van der Waals surface area contributed by atoms with Gasteiger partial charge in [0.05, 0.1) is 0 Å². The van der Waals surface area contributed by atoms with E-state index in [2.05, 4.69) is 11.1 Å². The van der Waals surface area contributed by atoms with Crippen molar-refractivity contribution in [3.05, 3.63) is 34.5 Å². The molecule has 0 saturated carbocycles. The Morgan fingerprint density at radius 2 is 1.89 bits per heavy atom. The molecule has 0 fully saturated rings. The predicted molar refractivity (Wildman–Crippen MR) is 70.5 cm³/mol. The highest BCUT2D eigenvalue weighted by Gasteiger charge is 2.20. The summed E-state index contributed by atoms with van der Waals surface area (Å²) in [7, 11) is 0. The van der Waals surface area contributed by atoms with Crippen molar-refractivity contribution in [1.82, 2.24) is 4.98 Å². The third-order valence-electron chi connectivity index (χ3n) is 3.65. The van der Waals surface area contributed by atoms with Gasteiger partial charge in [-0.3, -0.25) is 0 Å². The second-order valence-electron chi connectivity index (χ2n) is 4.89. The van der Waals surface area contributed by atoms with E-state index in [0.29, 0.717) is 6.42 Å². The van der Waals surface area contributed by atoms with Crippen LogP contribution in [0.4, 0.5) is 0 Å². The second-order valence-corrected chi connectivity index (χ2v) is 4.89. The van der Waals surface area contributed by atoms with Crippen molar-refractivity contribution in [2.75, 3.05) is 0 Å². The minimum atomic E-state index is -0.998. The quantitative estimate of drug-likeness (QED) is 0.901. The van der Waals surface area contributed by atoms with Crippen molar-refractivity contribution in [3.8, 4) is 0 Å². The zero-order valence-electron chi connectivity index (χ0n) is 11.3. The largest absolute Gasteiger partial charge is 0.549 e. The van der Waals surface area contributed by atoms with Gasteiger partial charge in [-0.2, -0.15) is 0 Å². The number of fused-ring (bicyclic) bond motifs is 1. The minimum absolute atomic E-state index is 0.542. The Morgan fingerprint density at radius 1 is 1.28 bits per heavy atom. The number of benzene rings is 1. The van der Waals surface area contributed by atoms with Gasteiger partial charge in [-0.1, -0.05) is 19.1 Å². The van der Waals surface area contributed by atoms with E-state index in [0.717, 1.165) is 33.3 Å². The van der Waals surface area contributed by atoms with Gasteiger partial charge in [-0.05, 0) is 43.9 Å². The van der Waals surface area contributed by atoms with Crippen molar-refractivity contribution in [3.63, 3.8) is 0 Å². The first-order valence-electron chi connectivity index (χ1n) is 6.26. The second kappa shape index (κ2) is 4.48. The number of aromatic amines is 1. The van der Waals surface area contributed by atoms with Gasteiger partial charge in [0, 0.05) is 28.5 Å². The number of nitrogens with one attached hydrogen (secondary N) is 1. The lowest BCUT2D eigenvalue weighted by Gasteiger charge is -2.17. The molecule has 3 heteroatoms. The molecule has 0 radical (unpaired) electrons. The number of carboxylic acid groups (broad SMARTS) is 1. The Balaban J connectivity index is 2.82. The molecule has 0 aliphatic rings. The Kier molecular flexibility index (Phi) is 3.16. The molecule has 0 bridgehead atoms. The van der Waals surface area contributed by atoms with Crippen molar-refractivity contribution in [2.45, 2.75) is 40.0 Å². The average Bonchev–Trinajstić information content (AvgIpc) is 2.64. The first-order valence-corrected chi connectivity index (χ1v) is 6.26. The van der Waals surface area contributed by atoms with Gasteiger partial charge < -0.3 is 14.9 Å². The van der Waals surface area contributed by atoms with E-state index in [9.17, 15) is 9.90 Å². The predicted octanol–water partition coefficient (Wildman–Crippen LogP) is 2.34. The van der Waals surface area contributed by atoms with Gasteiger partial charge in [0.2, 0.25) is 0 Å². The number of rotatable bonds is 3. The van der Waals surface area contributed by atoms with Crippen LogP contribution in [-0.4, -0.2) is 11.0 Å². The Bertz CT molecular complexity index is 610. The van der Waals surface area contributed by atoms with Gasteiger partial charge in [-0.25, -0.2) is 0 Å². The summed E-state index contributed by atoms with van der Waals surface area (Å²) in [5, 5.41) is 12.3. The summed E-state index contributed by atoms with van der Waals surface area (Å²) < 4.78 is 0. The average molecular weight is 244 g/mol. The van der Waals surface area contributed by atoms with E-state index in [1.165, 1.54) is 0 Å². The highest BCUT2D eigenvalue weighted by atomic mass is 16.4. The molecule has 2 aromatic rings. The molecule has 1 heterocycles. The molecular weight excluding hydrogens is 226 g/mol. The molecule has 1 aromatic carbocycles. The minimum Gasteiger partial charge on any atom is -0.549 e. The molecule has 3 nitrogen and oxygen atoms in total. The van der Waals surface area contributed by atoms with Gasteiger partial charge in [0.1, 0.15) is 0 Å². The van der Waals surface area contributed by atoms with E-state index < -0.39 is 11.9 Å². The van der Waals surface area contributed by atoms with E-state index in [-0.39, 0.29) is 0 Å². The van der Waals surface area contributed by atoms with Crippen LogP contribution < -0.4 is 5.11 Å². The lowest BCUT2D eigenvalue weighted by Crippen LogP contribution is -2.29. The van der Waals surface area contributed by atoms with Crippen molar-refractivity contribution >= 4 is 16.9 Å². The van der Waals surface area contributed by atoms with E-state index >= 15 is 0 Å². The molecule has 1 unspecified atom stereocenters. The van der Waals surface area contributed by atoms with Gasteiger partial charge in [-0.15, -0.1) is 0 Å². The highest BCUT2D eigenvalue weighted by molar-refractivity contribution is 5.94. The van der Waals surface area contributed by atoms with Crippen molar-refractivity contribution in [1.29, 1.82) is 0 Å². The Hall–Kier alpha value is -1.77. The third kappa shape index (κ3) is 1.80. The molecule has 1 aromatic heterocycles. The number of carboxylic acids is 1. The molecule has 18 heavy (non-hydrogen) atoms. The molecule has 0 amide bonds. The third-order valence-corrected chi connectivity index (χ3v) is 3.65. The SMILES string of the molecule is CCC(C(=O)[O-])c1c(C)[nH]c2c(C)ccc(C)c12. The zero-order chi connectivity index (χ0) is 13.4. The number of aliphatic carboxylic acids is 1. The van der Waals surface area contributed by atoms with E-state index in [1.54, 1.807) is 0 Å². The summed E-state index contributed by atoms with van der Waals surface area (Å²) in [5.41, 5.74) is 5.10. The molecule has 0 aliphatic carbocycles. The maximum absolute atomic E-state index is 11.3. The van der Waals surface area contributed by atoms with Crippen molar-refractivity contribution < 1.29 is 9.90 Å². The number of hydrogen-bond acceptors (Lipinski definition) is 2. The van der Waals surface area contributed by atoms with E-state index in [1.807, 2.05) is 33.8 Å². The topological polar surface area (TPSA) is 55.9 Å². The van der Waals surface area contributed by atoms with Gasteiger partial charge >= 0.3 is 0 Å². The van der Waals surface area contributed by atoms with Crippen LogP contribution >= 0.6 is 0 Å². The fraction of sp³-hybridized carbons (Fsp3) is 0.400. The van der Waals surface area contributed by atoms with Crippen LogP contribution in [0.15, 0.2) is 12.1 Å².